The van der Waals surface area contributed by atoms with Crippen LogP contribution in [0.15, 0.2) is 24.3 Å². The zero-order chi connectivity index (χ0) is 21.2. The number of piperidine rings is 1. The molecule has 1 saturated heterocycles. The fourth-order valence-corrected chi connectivity index (χ4v) is 4.46. The molecule has 166 valence electrons. The van der Waals surface area contributed by atoms with Gasteiger partial charge in [0.05, 0.1) is 19.8 Å². The lowest BCUT2D eigenvalue weighted by Gasteiger charge is -2.37. The average molecular weight is 417 g/mol. The van der Waals surface area contributed by atoms with Crippen molar-refractivity contribution in [2.45, 2.75) is 64.3 Å². The Kier molecular flexibility index (Phi) is 9.00. The highest BCUT2D eigenvalue weighted by atomic mass is 16.5. The summed E-state index contributed by atoms with van der Waals surface area (Å²) in [4.78, 5) is 29.1. The van der Waals surface area contributed by atoms with Crippen molar-refractivity contribution in [3.05, 3.63) is 29.8 Å². The van der Waals surface area contributed by atoms with E-state index in [0.29, 0.717) is 38.6 Å². The van der Waals surface area contributed by atoms with Gasteiger partial charge in [-0.3, -0.25) is 14.5 Å². The number of esters is 1. The zero-order valence-corrected chi connectivity index (χ0v) is 18.3. The van der Waals surface area contributed by atoms with Crippen molar-refractivity contribution in [1.29, 1.82) is 0 Å². The monoisotopic (exact) mass is 416 g/mol. The van der Waals surface area contributed by atoms with E-state index in [1.807, 2.05) is 13.0 Å². The van der Waals surface area contributed by atoms with Gasteiger partial charge in [-0.15, -0.1) is 0 Å². The van der Waals surface area contributed by atoms with Crippen LogP contribution in [0, 0.1) is 0 Å². The number of carbonyl (C=O) groups is 2. The topological polar surface area (TPSA) is 59.1 Å². The predicted molar refractivity (Wildman–Crippen MR) is 117 cm³/mol. The van der Waals surface area contributed by atoms with Gasteiger partial charge in [0.15, 0.2) is 0 Å². The lowest BCUT2D eigenvalue weighted by molar-refractivity contribution is -0.143. The van der Waals surface area contributed by atoms with Gasteiger partial charge in [0, 0.05) is 25.6 Å². The van der Waals surface area contributed by atoms with Gasteiger partial charge in [-0.2, -0.15) is 0 Å². The lowest BCUT2D eigenvalue weighted by Crippen LogP contribution is -2.48. The number of benzene rings is 1. The number of hydrogen-bond acceptors (Lipinski definition) is 5. The van der Waals surface area contributed by atoms with E-state index in [2.05, 4.69) is 28.0 Å². The summed E-state index contributed by atoms with van der Waals surface area (Å²) in [5.41, 5.74) is 1.28. The van der Waals surface area contributed by atoms with Crippen molar-refractivity contribution in [1.82, 2.24) is 9.80 Å². The maximum atomic E-state index is 13.2. The molecule has 1 aromatic carbocycles. The molecule has 1 aromatic rings. The number of carbonyl (C=O) groups excluding carboxylic acids is 2. The summed E-state index contributed by atoms with van der Waals surface area (Å²) in [6.07, 6.45) is 7.29. The number of fused-ring (bicyclic) bond motifs is 3. The van der Waals surface area contributed by atoms with Gasteiger partial charge in [0.25, 0.3) is 0 Å². The van der Waals surface area contributed by atoms with Crippen molar-refractivity contribution in [3.8, 4) is 5.75 Å². The van der Waals surface area contributed by atoms with Crippen LogP contribution in [0.1, 0.15) is 57.4 Å². The molecule has 2 heterocycles. The van der Waals surface area contributed by atoms with E-state index in [-0.39, 0.29) is 11.9 Å². The maximum Gasteiger partial charge on any atom is 0.305 e. The van der Waals surface area contributed by atoms with Crippen molar-refractivity contribution in [2.75, 3.05) is 39.4 Å². The Morgan fingerprint density at radius 1 is 1.20 bits per heavy atom. The fraction of sp³-hybridized carbons (Fsp3) is 0.667. The number of nitrogens with zero attached hydrogens (tertiary/aromatic N) is 2. The summed E-state index contributed by atoms with van der Waals surface area (Å²) in [6, 6.07) is 8.68. The molecule has 2 bridgehead atoms. The first-order valence-corrected chi connectivity index (χ1v) is 11.5. The van der Waals surface area contributed by atoms with E-state index in [9.17, 15) is 9.59 Å². The first-order valence-electron chi connectivity index (χ1n) is 11.5. The van der Waals surface area contributed by atoms with Crippen molar-refractivity contribution in [2.24, 2.45) is 0 Å². The van der Waals surface area contributed by atoms with Crippen molar-refractivity contribution >= 4 is 11.9 Å². The minimum absolute atomic E-state index is 0.162. The van der Waals surface area contributed by atoms with Crippen LogP contribution in [0.25, 0.3) is 0 Å². The summed E-state index contributed by atoms with van der Waals surface area (Å²) in [5.74, 6) is 0.989. The molecular formula is C24H36N2O4. The van der Waals surface area contributed by atoms with Gasteiger partial charge < -0.3 is 14.4 Å². The summed E-state index contributed by atoms with van der Waals surface area (Å²) < 4.78 is 11.0. The number of hydrogen-bond donors (Lipinski definition) is 0. The Bertz CT molecular complexity index is 694. The highest BCUT2D eigenvalue weighted by Crippen LogP contribution is 2.23. The molecule has 1 amide bonds. The van der Waals surface area contributed by atoms with Gasteiger partial charge in [-0.25, -0.2) is 0 Å². The largest absolute Gasteiger partial charge is 0.494 e. The molecule has 0 aliphatic carbocycles. The van der Waals surface area contributed by atoms with E-state index in [1.54, 1.807) is 0 Å². The molecule has 30 heavy (non-hydrogen) atoms. The molecule has 1 atom stereocenters. The Morgan fingerprint density at radius 2 is 2.10 bits per heavy atom. The fourth-order valence-electron chi connectivity index (χ4n) is 4.46. The second-order valence-corrected chi connectivity index (χ2v) is 8.31. The third-order valence-electron chi connectivity index (χ3n) is 6.02. The van der Waals surface area contributed by atoms with E-state index in [4.69, 9.17) is 9.47 Å². The van der Waals surface area contributed by atoms with E-state index < -0.39 is 0 Å². The van der Waals surface area contributed by atoms with Crippen LogP contribution in [-0.2, 0) is 20.7 Å². The SMILES string of the molecule is CCOC(=O)CCCN1CCCOc2cccc(c2)CCC2CCCCN2C(=O)C1. The first kappa shape index (κ1) is 22.6. The van der Waals surface area contributed by atoms with Gasteiger partial charge in [-0.05, 0) is 76.1 Å². The molecule has 6 nitrogen and oxygen atoms in total. The standard InChI is InChI=1S/C24H36N2O4/c1-2-29-24(28)11-6-14-25-15-7-17-30-22-10-5-8-20(18-22)12-13-21-9-3-4-16-26(21)23(27)19-25/h5,8,10,18,21H,2-4,6-7,9,11-17,19H2,1H3. The van der Waals surface area contributed by atoms with Gasteiger partial charge in [0.2, 0.25) is 5.91 Å². The lowest BCUT2D eigenvalue weighted by atomic mass is 9.95. The zero-order valence-electron chi connectivity index (χ0n) is 18.3. The molecule has 1 fully saturated rings. The van der Waals surface area contributed by atoms with Crippen LogP contribution in [0.5, 0.6) is 5.75 Å². The second-order valence-electron chi connectivity index (χ2n) is 8.31. The minimum Gasteiger partial charge on any atom is -0.494 e. The normalized spacial score (nSPS) is 21.3. The molecule has 0 N–H and O–H groups in total. The minimum atomic E-state index is -0.162. The molecule has 2 aliphatic rings. The second kappa shape index (κ2) is 11.9. The Morgan fingerprint density at radius 3 is 2.97 bits per heavy atom. The molecule has 0 radical (unpaired) electrons. The summed E-state index contributed by atoms with van der Waals surface area (Å²) in [5, 5.41) is 0. The molecule has 3 rings (SSSR count). The average Bonchev–Trinajstić information content (AvgIpc) is 2.75. The smallest absolute Gasteiger partial charge is 0.305 e. The summed E-state index contributed by atoms with van der Waals surface area (Å²) in [6.45, 7) is 5.65. The van der Waals surface area contributed by atoms with Crippen molar-refractivity contribution < 1.29 is 19.1 Å². The quantitative estimate of drug-likeness (QED) is 0.689. The molecule has 2 aliphatic heterocycles. The number of ether oxygens (including phenoxy) is 2. The van der Waals surface area contributed by atoms with Gasteiger partial charge in [-0.1, -0.05) is 12.1 Å². The highest BCUT2D eigenvalue weighted by molar-refractivity contribution is 5.78. The highest BCUT2D eigenvalue weighted by Gasteiger charge is 2.27. The molecular weight excluding hydrogens is 380 g/mol. The number of rotatable bonds is 5. The summed E-state index contributed by atoms with van der Waals surface area (Å²) in [7, 11) is 0. The number of amides is 1. The van der Waals surface area contributed by atoms with Crippen LogP contribution in [0.3, 0.4) is 0 Å². The van der Waals surface area contributed by atoms with Crippen molar-refractivity contribution in [3.63, 3.8) is 0 Å². The van der Waals surface area contributed by atoms with Crippen LogP contribution in [-0.4, -0.2) is 67.1 Å². The Balaban J connectivity index is 1.66. The molecule has 0 spiro atoms. The number of aryl methyl sites for hydroxylation is 1. The van der Waals surface area contributed by atoms with Crippen LogP contribution in [0.2, 0.25) is 0 Å². The van der Waals surface area contributed by atoms with E-state index >= 15 is 0 Å². The van der Waals surface area contributed by atoms with Crippen LogP contribution < -0.4 is 4.74 Å². The summed E-state index contributed by atoms with van der Waals surface area (Å²) >= 11 is 0. The third-order valence-corrected chi connectivity index (χ3v) is 6.02. The molecule has 0 aromatic heterocycles. The molecule has 6 heteroatoms. The van der Waals surface area contributed by atoms with E-state index in [1.165, 1.54) is 12.0 Å². The maximum absolute atomic E-state index is 13.2. The van der Waals surface area contributed by atoms with Gasteiger partial charge in [0.1, 0.15) is 5.75 Å². The van der Waals surface area contributed by atoms with Gasteiger partial charge >= 0.3 is 5.97 Å². The predicted octanol–water partition coefficient (Wildman–Crippen LogP) is 3.43. The van der Waals surface area contributed by atoms with Crippen LogP contribution >= 0.6 is 0 Å². The first-order chi connectivity index (χ1) is 14.7. The Labute approximate surface area is 180 Å². The molecule has 1 unspecified atom stereocenters. The molecule has 0 saturated carbocycles. The van der Waals surface area contributed by atoms with Crippen LogP contribution in [0.4, 0.5) is 0 Å². The third kappa shape index (κ3) is 7.01. The van der Waals surface area contributed by atoms with E-state index in [0.717, 1.165) is 57.5 Å². The Hall–Kier alpha value is -2.08.